The van der Waals surface area contributed by atoms with Crippen LogP contribution in [0.2, 0.25) is 0 Å². The molecule has 4 rings (SSSR count). The van der Waals surface area contributed by atoms with Gasteiger partial charge in [-0.2, -0.15) is 0 Å². The van der Waals surface area contributed by atoms with Gasteiger partial charge in [0, 0.05) is 24.3 Å². The van der Waals surface area contributed by atoms with Crippen molar-refractivity contribution in [2.24, 2.45) is 0 Å². The van der Waals surface area contributed by atoms with Crippen LogP contribution in [0.3, 0.4) is 0 Å². The van der Waals surface area contributed by atoms with E-state index in [1.807, 2.05) is 91.9 Å². The summed E-state index contributed by atoms with van der Waals surface area (Å²) >= 11 is 0. The van der Waals surface area contributed by atoms with E-state index in [4.69, 9.17) is 4.74 Å². The third-order valence-corrected chi connectivity index (χ3v) is 5.41. The molecule has 1 unspecified atom stereocenters. The van der Waals surface area contributed by atoms with Crippen LogP contribution in [0.4, 0.5) is 16.2 Å². The lowest BCUT2D eigenvalue weighted by molar-refractivity contribution is -0.117. The number of carbonyl (C=O) groups is 2. The number of nitrogens with zero attached hydrogens (tertiary/aromatic N) is 2. The topological polar surface area (TPSA) is 61.9 Å². The third kappa shape index (κ3) is 5.09. The molecule has 6 nitrogen and oxygen atoms in total. The third-order valence-electron chi connectivity index (χ3n) is 5.41. The molecule has 3 amide bonds. The van der Waals surface area contributed by atoms with E-state index in [-0.39, 0.29) is 24.4 Å². The van der Waals surface area contributed by atoms with Crippen molar-refractivity contribution in [1.29, 1.82) is 0 Å². The van der Waals surface area contributed by atoms with Gasteiger partial charge in [0.25, 0.3) is 0 Å². The summed E-state index contributed by atoms with van der Waals surface area (Å²) in [5.74, 6) is 0.765. The first-order chi connectivity index (χ1) is 15.6. The minimum absolute atomic E-state index is 0.00576. The van der Waals surface area contributed by atoms with Gasteiger partial charge in [-0.25, -0.2) is 4.79 Å². The van der Waals surface area contributed by atoms with E-state index in [1.165, 1.54) is 0 Å². The van der Waals surface area contributed by atoms with Crippen molar-refractivity contribution in [2.75, 3.05) is 23.0 Å². The molecule has 1 N–H and O–H groups in total. The standard InChI is InChI=1S/C26H27N3O3/c1-2-32-24-15-13-23(14-16-24)28-19-21(17-25(28)30)27-26(31)29(22-11-7-4-8-12-22)18-20-9-5-3-6-10-20/h3-16,21H,2,17-19H2,1H3,(H,27,31). The first-order valence-electron chi connectivity index (χ1n) is 10.8. The molecule has 1 atom stereocenters. The summed E-state index contributed by atoms with van der Waals surface area (Å²) in [4.78, 5) is 29.3. The number of para-hydroxylation sites is 1. The monoisotopic (exact) mass is 429 g/mol. The van der Waals surface area contributed by atoms with Crippen molar-refractivity contribution in [2.45, 2.75) is 25.9 Å². The van der Waals surface area contributed by atoms with Gasteiger partial charge in [-0.1, -0.05) is 48.5 Å². The summed E-state index contributed by atoms with van der Waals surface area (Å²) in [6.45, 7) is 3.41. The summed E-state index contributed by atoms with van der Waals surface area (Å²) in [5, 5.41) is 3.06. The van der Waals surface area contributed by atoms with Gasteiger partial charge in [0.2, 0.25) is 5.91 Å². The largest absolute Gasteiger partial charge is 0.494 e. The molecule has 1 aliphatic rings. The molecule has 0 aliphatic carbocycles. The lowest BCUT2D eigenvalue weighted by Gasteiger charge is -2.25. The predicted molar refractivity (Wildman–Crippen MR) is 126 cm³/mol. The highest BCUT2D eigenvalue weighted by molar-refractivity contribution is 5.98. The molecule has 1 fully saturated rings. The quantitative estimate of drug-likeness (QED) is 0.597. The smallest absolute Gasteiger partial charge is 0.322 e. The van der Waals surface area contributed by atoms with E-state index in [0.717, 1.165) is 22.7 Å². The highest BCUT2D eigenvalue weighted by Crippen LogP contribution is 2.25. The Morgan fingerprint density at radius 1 is 1.00 bits per heavy atom. The first-order valence-corrected chi connectivity index (χ1v) is 10.8. The summed E-state index contributed by atoms with van der Waals surface area (Å²) in [5.41, 5.74) is 2.64. The fourth-order valence-corrected chi connectivity index (χ4v) is 3.85. The van der Waals surface area contributed by atoms with Crippen LogP contribution in [0, 0.1) is 0 Å². The van der Waals surface area contributed by atoms with Crippen LogP contribution in [0.15, 0.2) is 84.9 Å². The molecule has 1 heterocycles. The van der Waals surface area contributed by atoms with Crippen molar-refractivity contribution in [3.8, 4) is 5.75 Å². The SMILES string of the molecule is CCOc1ccc(N2CC(NC(=O)N(Cc3ccccc3)c3ccccc3)CC2=O)cc1. The summed E-state index contributed by atoms with van der Waals surface area (Å²) in [6, 6.07) is 26.4. The van der Waals surface area contributed by atoms with Gasteiger partial charge in [0.05, 0.1) is 19.2 Å². The Labute approximate surface area is 188 Å². The molecule has 0 bridgehead atoms. The minimum atomic E-state index is -0.261. The highest BCUT2D eigenvalue weighted by atomic mass is 16.5. The summed E-state index contributed by atoms with van der Waals surface area (Å²) < 4.78 is 5.48. The maximum atomic E-state index is 13.2. The molecule has 1 saturated heterocycles. The molecule has 0 saturated carbocycles. The molecule has 164 valence electrons. The van der Waals surface area contributed by atoms with Crippen LogP contribution in [0.25, 0.3) is 0 Å². The Bertz CT molecular complexity index is 1040. The van der Waals surface area contributed by atoms with Gasteiger partial charge in [-0.05, 0) is 48.9 Å². The van der Waals surface area contributed by atoms with Crippen LogP contribution < -0.4 is 19.9 Å². The van der Waals surface area contributed by atoms with Crippen molar-refractivity contribution in [3.05, 3.63) is 90.5 Å². The zero-order valence-corrected chi connectivity index (χ0v) is 18.1. The molecule has 3 aromatic rings. The van der Waals surface area contributed by atoms with E-state index in [2.05, 4.69) is 5.32 Å². The Morgan fingerprint density at radius 2 is 1.66 bits per heavy atom. The van der Waals surface area contributed by atoms with E-state index in [1.54, 1.807) is 9.80 Å². The number of hydrogen-bond acceptors (Lipinski definition) is 3. The Morgan fingerprint density at radius 3 is 2.31 bits per heavy atom. The molecule has 6 heteroatoms. The maximum absolute atomic E-state index is 13.2. The van der Waals surface area contributed by atoms with Crippen molar-refractivity contribution in [3.63, 3.8) is 0 Å². The Kier molecular flexibility index (Phi) is 6.70. The number of anilines is 2. The molecular weight excluding hydrogens is 402 g/mol. The van der Waals surface area contributed by atoms with E-state index >= 15 is 0 Å². The number of nitrogens with one attached hydrogen (secondary N) is 1. The van der Waals surface area contributed by atoms with E-state index in [9.17, 15) is 9.59 Å². The zero-order valence-electron chi connectivity index (χ0n) is 18.1. The van der Waals surface area contributed by atoms with Gasteiger partial charge < -0.3 is 15.0 Å². The molecule has 0 aromatic heterocycles. The second-order valence-corrected chi connectivity index (χ2v) is 7.69. The Balaban J connectivity index is 1.45. The molecular formula is C26H27N3O3. The lowest BCUT2D eigenvalue weighted by Crippen LogP contribution is -2.45. The van der Waals surface area contributed by atoms with Crippen molar-refractivity contribution < 1.29 is 14.3 Å². The first kappa shape index (κ1) is 21.4. The second kappa shape index (κ2) is 10.0. The molecule has 1 aliphatic heterocycles. The second-order valence-electron chi connectivity index (χ2n) is 7.69. The number of hydrogen-bond donors (Lipinski definition) is 1. The maximum Gasteiger partial charge on any atom is 0.322 e. The number of ether oxygens (including phenoxy) is 1. The minimum Gasteiger partial charge on any atom is -0.494 e. The van der Waals surface area contributed by atoms with Crippen molar-refractivity contribution >= 4 is 23.3 Å². The van der Waals surface area contributed by atoms with Crippen LogP contribution in [-0.4, -0.2) is 31.1 Å². The normalized spacial score (nSPS) is 15.5. The van der Waals surface area contributed by atoms with Crippen LogP contribution in [-0.2, 0) is 11.3 Å². The molecule has 0 radical (unpaired) electrons. The zero-order chi connectivity index (χ0) is 22.3. The lowest BCUT2D eigenvalue weighted by atomic mass is 10.2. The number of benzene rings is 3. The van der Waals surface area contributed by atoms with E-state index < -0.39 is 0 Å². The van der Waals surface area contributed by atoms with Gasteiger partial charge in [-0.15, -0.1) is 0 Å². The Hall–Kier alpha value is -3.80. The van der Waals surface area contributed by atoms with E-state index in [0.29, 0.717) is 19.7 Å². The van der Waals surface area contributed by atoms with Gasteiger partial charge in [-0.3, -0.25) is 9.69 Å². The number of urea groups is 1. The molecule has 3 aromatic carbocycles. The fourth-order valence-electron chi connectivity index (χ4n) is 3.85. The van der Waals surface area contributed by atoms with Crippen molar-refractivity contribution in [1.82, 2.24) is 5.32 Å². The average molecular weight is 430 g/mol. The number of carbonyl (C=O) groups excluding carboxylic acids is 2. The van der Waals surface area contributed by atoms with Crippen LogP contribution in [0.1, 0.15) is 18.9 Å². The van der Waals surface area contributed by atoms with Gasteiger partial charge >= 0.3 is 6.03 Å². The summed E-state index contributed by atoms with van der Waals surface area (Å²) in [6.07, 6.45) is 0.271. The summed E-state index contributed by atoms with van der Waals surface area (Å²) in [7, 11) is 0. The van der Waals surface area contributed by atoms with Crippen LogP contribution in [0.5, 0.6) is 5.75 Å². The molecule has 32 heavy (non-hydrogen) atoms. The predicted octanol–water partition coefficient (Wildman–Crippen LogP) is 4.61. The van der Waals surface area contributed by atoms with Crippen LogP contribution >= 0.6 is 0 Å². The highest BCUT2D eigenvalue weighted by Gasteiger charge is 2.32. The van der Waals surface area contributed by atoms with Gasteiger partial charge in [0.1, 0.15) is 5.75 Å². The average Bonchev–Trinajstić information content (AvgIpc) is 3.19. The number of rotatable bonds is 7. The number of amides is 3. The molecule has 0 spiro atoms. The van der Waals surface area contributed by atoms with Gasteiger partial charge in [0.15, 0.2) is 0 Å². The fraction of sp³-hybridized carbons (Fsp3) is 0.231.